The van der Waals surface area contributed by atoms with E-state index in [1.807, 2.05) is 27.7 Å². The summed E-state index contributed by atoms with van der Waals surface area (Å²) in [4.78, 5) is 13.1. The highest BCUT2D eigenvalue weighted by Gasteiger charge is 2.53. The van der Waals surface area contributed by atoms with Gasteiger partial charge in [-0.1, -0.05) is 24.3 Å². The first-order valence-electron chi connectivity index (χ1n) is 8.80. The van der Waals surface area contributed by atoms with E-state index in [2.05, 4.69) is 0 Å². The summed E-state index contributed by atoms with van der Waals surface area (Å²) in [5.74, 6) is -0.939. The molecule has 0 radical (unpaired) electrons. The molecule has 2 fully saturated rings. The first-order valence-corrected chi connectivity index (χ1v) is 8.80. The molecule has 2 saturated heterocycles. The van der Waals surface area contributed by atoms with Gasteiger partial charge in [0.1, 0.15) is 6.54 Å². The van der Waals surface area contributed by atoms with Crippen molar-refractivity contribution in [3.05, 3.63) is 29.8 Å². The molecule has 1 N–H and O–H groups in total. The molecular weight excluding hydrogens is 362 g/mol. The summed E-state index contributed by atoms with van der Waals surface area (Å²) in [7, 11) is -0.693. The zero-order valence-corrected chi connectivity index (χ0v) is 15.8. The number of alkyl halides is 3. The maximum Gasteiger partial charge on any atom is 0.494 e. The number of carbonyl (C=O) groups is 1. The van der Waals surface area contributed by atoms with Crippen LogP contribution in [0.1, 0.15) is 39.7 Å². The molecule has 5 nitrogen and oxygen atoms in total. The molecule has 0 saturated carbocycles. The first-order chi connectivity index (χ1) is 12.3. The molecule has 0 bridgehead atoms. The lowest BCUT2D eigenvalue weighted by atomic mass is 9.76. The molecule has 0 aromatic heterocycles. The Morgan fingerprint density at radius 1 is 1.19 bits per heavy atom. The minimum Gasteiger partial charge on any atom is -0.399 e. The fourth-order valence-electron chi connectivity index (χ4n) is 3.32. The number of halogens is 3. The number of hydrogen-bond acceptors (Lipinski definition) is 4. The van der Waals surface area contributed by atoms with Crippen LogP contribution in [0.2, 0.25) is 0 Å². The van der Waals surface area contributed by atoms with Crippen LogP contribution >= 0.6 is 0 Å². The van der Waals surface area contributed by atoms with E-state index in [4.69, 9.17) is 9.31 Å². The van der Waals surface area contributed by atoms with Gasteiger partial charge in [0.15, 0.2) is 5.60 Å². The Morgan fingerprint density at radius 3 is 2.33 bits per heavy atom. The zero-order valence-electron chi connectivity index (χ0n) is 15.8. The molecule has 2 heterocycles. The third-order valence-corrected chi connectivity index (χ3v) is 5.64. The third-order valence-electron chi connectivity index (χ3n) is 5.64. The molecule has 148 valence electrons. The Kier molecular flexibility index (Phi) is 4.64. The van der Waals surface area contributed by atoms with Crippen LogP contribution in [0, 0.1) is 0 Å². The molecule has 0 aliphatic carbocycles. The maximum atomic E-state index is 12.6. The van der Waals surface area contributed by atoms with Crippen molar-refractivity contribution in [2.45, 2.75) is 57.1 Å². The van der Waals surface area contributed by atoms with Crippen LogP contribution < -0.4 is 5.46 Å². The van der Waals surface area contributed by atoms with Gasteiger partial charge >= 0.3 is 13.3 Å². The van der Waals surface area contributed by atoms with Crippen LogP contribution in [0.15, 0.2) is 24.3 Å². The summed E-state index contributed by atoms with van der Waals surface area (Å²) < 4.78 is 49.9. The first kappa shape index (κ1) is 20.2. The number of amides is 1. The second-order valence-electron chi connectivity index (χ2n) is 8.17. The molecule has 1 unspecified atom stereocenters. The molecule has 2 aliphatic heterocycles. The normalized spacial score (nSPS) is 27.5. The summed E-state index contributed by atoms with van der Waals surface area (Å²) in [6.45, 7) is 6.08. The number of nitrogens with zero attached hydrogens (tertiary/aromatic N) is 1. The van der Waals surface area contributed by atoms with E-state index >= 15 is 0 Å². The van der Waals surface area contributed by atoms with Crippen molar-refractivity contribution >= 4 is 18.5 Å². The predicted octanol–water partition coefficient (Wildman–Crippen LogP) is 1.97. The third kappa shape index (κ3) is 3.60. The number of carbonyl (C=O) groups excluding carboxylic acids is 1. The van der Waals surface area contributed by atoms with Crippen LogP contribution in [0.5, 0.6) is 0 Å². The van der Waals surface area contributed by atoms with Gasteiger partial charge in [-0.3, -0.25) is 4.79 Å². The molecule has 1 aromatic rings. The number of likely N-dealkylation sites (tertiary alicyclic amines) is 1. The van der Waals surface area contributed by atoms with E-state index in [-0.39, 0.29) is 18.5 Å². The Balaban J connectivity index is 1.85. The van der Waals surface area contributed by atoms with Gasteiger partial charge in [0.05, 0.1) is 11.2 Å². The van der Waals surface area contributed by atoms with Crippen molar-refractivity contribution < 1.29 is 32.4 Å². The second-order valence-corrected chi connectivity index (χ2v) is 8.17. The van der Waals surface area contributed by atoms with Gasteiger partial charge in [0.25, 0.3) is 5.91 Å². The van der Waals surface area contributed by atoms with Crippen molar-refractivity contribution in [1.82, 2.24) is 4.90 Å². The Labute approximate surface area is 156 Å². The van der Waals surface area contributed by atoms with Crippen molar-refractivity contribution in [2.75, 3.05) is 13.1 Å². The Bertz CT molecular complexity index is 736. The molecule has 1 atom stereocenters. The van der Waals surface area contributed by atoms with Crippen molar-refractivity contribution in [2.24, 2.45) is 0 Å². The SMILES string of the molecule is CC1(C)OB(c2cccc(C3(O)CCN(CC(F)(F)F)C3=O)c2)OC1(C)C. The minimum atomic E-state index is -4.51. The van der Waals surface area contributed by atoms with Crippen LogP contribution in [-0.4, -0.2) is 53.5 Å². The molecule has 0 spiro atoms. The summed E-state index contributed by atoms with van der Waals surface area (Å²) in [6.07, 6.45) is -4.61. The summed E-state index contributed by atoms with van der Waals surface area (Å²) in [6, 6.07) is 6.47. The average Bonchev–Trinajstić information content (AvgIpc) is 2.94. The van der Waals surface area contributed by atoms with Crippen LogP contribution in [-0.2, 0) is 19.7 Å². The monoisotopic (exact) mass is 385 g/mol. The number of hydrogen-bond donors (Lipinski definition) is 1. The van der Waals surface area contributed by atoms with Crippen LogP contribution in [0.3, 0.4) is 0 Å². The Morgan fingerprint density at radius 2 is 1.78 bits per heavy atom. The lowest BCUT2D eigenvalue weighted by Gasteiger charge is -2.32. The predicted molar refractivity (Wildman–Crippen MR) is 93.3 cm³/mol. The van der Waals surface area contributed by atoms with Gasteiger partial charge in [0, 0.05) is 13.0 Å². The lowest BCUT2D eigenvalue weighted by molar-refractivity contribution is -0.164. The lowest BCUT2D eigenvalue weighted by Crippen LogP contribution is -2.42. The fraction of sp³-hybridized carbons (Fsp3) is 0.611. The average molecular weight is 385 g/mol. The topological polar surface area (TPSA) is 59.0 Å². The van der Waals surface area contributed by atoms with E-state index in [1.54, 1.807) is 18.2 Å². The van der Waals surface area contributed by atoms with E-state index < -0.39 is 42.5 Å². The van der Waals surface area contributed by atoms with Crippen LogP contribution in [0.25, 0.3) is 0 Å². The summed E-state index contributed by atoms with van der Waals surface area (Å²) in [5.41, 5.74) is -2.26. The highest BCUT2D eigenvalue weighted by molar-refractivity contribution is 6.62. The van der Waals surface area contributed by atoms with Gasteiger partial charge in [-0.15, -0.1) is 0 Å². The molecular formula is C18H23BF3NO4. The number of rotatable bonds is 3. The molecule has 2 aliphatic rings. The Hall–Kier alpha value is -1.58. The standard InChI is InChI=1S/C18H23BF3NO4/c1-15(2)16(3,4)27-19(26-15)13-7-5-6-12(10-13)17(25)8-9-23(14(17)24)11-18(20,21)22/h5-7,10,25H,8-9,11H2,1-4H3. The summed E-state index contributed by atoms with van der Waals surface area (Å²) in [5, 5.41) is 10.8. The quantitative estimate of drug-likeness (QED) is 0.809. The van der Waals surface area contributed by atoms with Gasteiger partial charge in [0.2, 0.25) is 0 Å². The molecule has 27 heavy (non-hydrogen) atoms. The van der Waals surface area contributed by atoms with E-state index in [0.29, 0.717) is 10.4 Å². The van der Waals surface area contributed by atoms with Gasteiger partial charge in [-0.05, 0) is 38.7 Å². The number of benzene rings is 1. The molecule has 9 heteroatoms. The van der Waals surface area contributed by atoms with E-state index in [0.717, 1.165) is 0 Å². The van der Waals surface area contributed by atoms with Gasteiger partial charge in [-0.2, -0.15) is 13.2 Å². The minimum absolute atomic E-state index is 0.102. The largest absolute Gasteiger partial charge is 0.494 e. The van der Waals surface area contributed by atoms with Crippen LogP contribution in [0.4, 0.5) is 13.2 Å². The van der Waals surface area contributed by atoms with Gasteiger partial charge in [-0.25, -0.2) is 0 Å². The van der Waals surface area contributed by atoms with Crippen molar-refractivity contribution in [3.63, 3.8) is 0 Å². The molecule has 3 rings (SSSR count). The van der Waals surface area contributed by atoms with E-state index in [1.165, 1.54) is 6.07 Å². The second kappa shape index (κ2) is 6.22. The van der Waals surface area contributed by atoms with Crippen molar-refractivity contribution in [3.8, 4) is 0 Å². The smallest absolute Gasteiger partial charge is 0.399 e. The highest BCUT2D eigenvalue weighted by Crippen LogP contribution is 2.38. The molecule has 1 amide bonds. The molecule has 1 aromatic carbocycles. The maximum absolute atomic E-state index is 12.6. The fourth-order valence-corrected chi connectivity index (χ4v) is 3.32. The summed E-state index contributed by atoms with van der Waals surface area (Å²) >= 11 is 0. The van der Waals surface area contributed by atoms with Gasteiger partial charge < -0.3 is 19.3 Å². The van der Waals surface area contributed by atoms with Crippen molar-refractivity contribution in [1.29, 1.82) is 0 Å². The highest BCUT2D eigenvalue weighted by atomic mass is 19.4. The zero-order chi connectivity index (χ0) is 20.3. The van der Waals surface area contributed by atoms with E-state index in [9.17, 15) is 23.1 Å². The number of aliphatic hydroxyl groups is 1.